The molecule has 3 N–H and O–H groups in total. The van der Waals surface area contributed by atoms with Crippen LogP contribution in [0.25, 0.3) is 11.4 Å². The lowest BCUT2D eigenvalue weighted by Gasteiger charge is -2.12. The number of Topliss-reactive ketones (excluding diaryl/α,β-unsaturated/α-hetero) is 1. The van der Waals surface area contributed by atoms with Gasteiger partial charge in [-0.05, 0) is 26.0 Å². The minimum atomic E-state index is -0.457. The summed E-state index contributed by atoms with van der Waals surface area (Å²) >= 11 is 1.21. The van der Waals surface area contributed by atoms with Crippen LogP contribution in [0.4, 0.5) is 5.69 Å². The number of anilines is 1. The highest BCUT2D eigenvalue weighted by atomic mass is 32.2. The summed E-state index contributed by atoms with van der Waals surface area (Å²) in [4.78, 5) is 23.9. The summed E-state index contributed by atoms with van der Waals surface area (Å²) in [6.45, 7) is 3.24. The number of amides is 1. The van der Waals surface area contributed by atoms with Crippen LogP contribution >= 0.6 is 11.8 Å². The number of rotatable bonds is 6. The highest BCUT2D eigenvalue weighted by molar-refractivity contribution is 8.00. The van der Waals surface area contributed by atoms with Gasteiger partial charge in [0, 0.05) is 16.8 Å². The van der Waals surface area contributed by atoms with Crippen molar-refractivity contribution in [3.05, 3.63) is 60.2 Å². The van der Waals surface area contributed by atoms with Crippen LogP contribution < -0.4 is 11.2 Å². The topological polar surface area (TPSA) is 103 Å². The number of nitrogens with zero attached hydrogens (tertiary/aromatic N) is 3. The number of thioether (sulfide) groups is 1. The molecule has 3 rings (SSSR count). The molecule has 138 valence electrons. The molecule has 2 aromatic carbocycles. The van der Waals surface area contributed by atoms with E-state index in [1.807, 2.05) is 30.3 Å². The average molecular weight is 381 g/mol. The van der Waals surface area contributed by atoms with Gasteiger partial charge in [0.05, 0.1) is 5.25 Å². The Hall–Kier alpha value is -3.13. The zero-order chi connectivity index (χ0) is 19.4. The van der Waals surface area contributed by atoms with Crippen LogP contribution in [0.15, 0.2) is 59.8 Å². The molecule has 1 unspecified atom stereocenters. The Kier molecular flexibility index (Phi) is 5.56. The molecule has 3 aromatic rings. The van der Waals surface area contributed by atoms with Crippen LogP contribution in [-0.4, -0.2) is 31.8 Å². The maximum absolute atomic E-state index is 12.5. The monoisotopic (exact) mass is 381 g/mol. The highest BCUT2D eigenvalue weighted by Crippen LogP contribution is 2.25. The quantitative estimate of drug-likeness (QED) is 0.387. The summed E-state index contributed by atoms with van der Waals surface area (Å²) in [6.07, 6.45) is 0. The van der Waals surface area contributed by atoms with Crippen molar-refractivity contribution in [1.82, 2.24) is 14.9 Å². The lowest BCUT2D eigenvalue weighted by atomic mass is 10.1. The molecular formula is C19H19N5O2S. The largest absolute Gasteiger partial charge is 0.335 e. The minimum Gasteiger partial charge on any atom is -0.335 e. The first-order valence-corrected chi connectivity index (χ1v) is 9.18. The molecule has 1 aromatic heterocycles. The Labute approximate surface area is 161 Å². The Morgan fingerprint density at radius 2 is 1.85 bits per heavy atom. The average Bonchev–Trinajstić information content (AvgIpc) is 3.03. The van der Waals surface area contributed by atoms with Crippen molar-refractivity contribution in [1.29, 1.82) is 0 Å². The van der Waals surface area contributed by atoms with Crippen LogP contribution in [0.1, 0.15) is 24.2 Å². The molecule has 1 heterocycles. The Bertz CT molecular complexity index is 971. The van der Waals surface area contributed by atoms with E-state index in [0.29, 0.717) is 22.2 Å². The van der Waals surface area contributed by atoms with Crippen LogP contribution in [0.2, 0.25) is 0 Å². The number of nitrogens with one attached hydrogen (secondary N) is 1. The SMILES string of the molecule is CC(=O)c1cccc(NC(=O)C(C)Sc2nnc(-c3ccccc3)n2N)c1. The third-order valence-electron chi connectivity index (χ3n) is 3.88. The van der Waals surface area contributed by atoms with Crippen molar-refractivity contribution in [2.75, 3.05) is 11.2 Å². The van der Waals surface area contributed by atoms with Gasteiger partial charge in [0.2, 0.25) is 11.1 Å². The number of nitrogen functional groups attached to an aromatic ring is 1. The Morgan fingerprint density at radius 1 is 1.11 bits per heavy atom. The van der Waals surface area contributed by atoms with Crippen LogP contribution in [0, 0.1) is 0 Å². The van der Waals surface area contributed by atoms with Crippen molar-refractivity contribution < 1.29 is 9.59 Å². The number of hydrogen-bond acceptors (Lipinski definition) is 6. The standard InChI is InChI=1S/C19H19N5O2S/c1-12(25)15-9-6-10-16(11-15)21-18(26)13(2)27-19-23-22-17(24(19)20)14-7-4-3-5-8-14/h3-11,13H,20H2,1-2H3,(H,21,26). The third-order valence-corrected chi connectivity index (χ3v) is 4.94. The second-order valence-electron chi connectivity index (χ2n) is 5.93. The molecule has 0 aliphatic heterocycles. The van der Waals surface area contributed by atoms with Crippen molar-refractivity contribution in [2.24, 2.45) is 0 Å². The molecule has 0 saturated heterocycles. The normalized spacial score (nSPS) is 11.8. The van der Waals surface area contributed by atoms with Gasteiger partial charge in [-0.1, -0.05) is 54.2 Å². The van der Waals surface area contributed by atoms with Gasteiger partial charge in [0.1, 0.15) is 0 Å². The van der Waals surface area contributed by atoms with E-state index in [-0.39, 0.29) is 11.7 Å². The fourth-order valence-electron chi connectivity index (χ4n) is 2.41. The van der Waals surface area contributed by atoms with E-state index in [1.165, 1.54) is 23.4 Å². The molecule has 27 heavy (non-hydrogen) atoms. The van der Waals surface area contributed by atoms with Crippen LogP contribution in [-0.2, 0) is 4.79 Å². The zero-order valence-electron chi connectivity index (χ0n) is 14.9. The van der Waals surface area contributed by atoms with E-state index in [4.69, 9.17) is 5.84 Å². The number of aromatic nitrogens is 3. The van der Waals surface area contributed by atoms with Crippen LogP contribution in [0.3, 0.4) is 0 Å². The van der Waals surface area contributed by atoms with Crippen molar-refractivity contribution >= 4 is 29.1 Å². The summed E-state index contributed by atoms with van der Waals surface area (Å²) in [6, 6.07) is 16.3. The first kappa shape index (κ1) is 18.7. The second-order valence-corrected chi connectivity index (χ2v) is 7.24. The maximum atomic E-state index is 12.5. The molecule has 0 saturated carbocycles. The molecule has 0 radical (unpaired) electrons. The fourth-order valence-corrected chi connectivity index (χ4v) is 3.18. The molecule has 0 fully saturated rings. The zero-order valence-corrected chi connectivity index (χ0v) is 15.7. The van der Waals surface area contributed by atoms with Crippen LogP contribution in [0.5, 0.6) is 0 Å². The van der Waals surface area contributed by atoms with Gasteiger partial charge in [-0.25, -0.2) is 4.68 Å². The molecule has 8 heteroatoms. The van der Waals surface area contributed by atoms with Gasteiger partial charge in [0.15, 0.2) is 11.6 Å². The van der Waals surface area contributed by atoms with E-state index in [0.717, 1.165) is 5.56 Å². The first-order valence-electron chi connectivity index (χ1n) is 8.30. The summed E-state index contributed by atoms with van der Waals surface area (Å²) in [5.41, 5.74) is 1.96. The maximum Gasteiger partial charge on any atom is 0.237 e. The molecule has 0 aliphatic carbocycles. The number of ketones is 1. The third kappa shape index (κ3) is 4.35. The van der Waals surface area contributed by atoms with Gasteiger partial charge < -0.3 is 11.2 Å². The summed E-state index contributed by atoms with van der Waals surface area (Å²) in [5.74, 6) is 6.34. The van der Waals surface area contributed by atoms with Gasteiger partial charge in [-0.2, -0.15) is 0 Å². The molecule has 0 aliphatic rings. The Morgan fingerprint density at radius 3 is 2.56 bits per heavy atom. The molecule has 1 atom stereocenters. The predicted molar refractivity (Wildman–Crippen MR) is 106 cm³/mol. The molecule has 0 spiro atoms. The van der Waals surface area contributed by atoms with E-state index in [1.54, 1.807) is 31.2 Å². The minimum absolute atomic E-state index is 0.0572. The van der Waals surface area contributed by atoms with E-state index in [2.05, 4.69) is 15.5 Å². The van der Waals surface area contributed by atoms with E-state index >= 15 is 0 Å². The smallest absolute Gasteiger partial charge is 0.237 e. The van der Waals surface area contributed by atoms with Gasteiger partial charge in [-0.15, -0.1) is 10.2 Å². The molecule has 0 bridgehead atoms. The van der Waals surface area contributed by atoms with E-state index in [9.17, 15) is 9.59 Å². The predicted octanol–water partition coefficient (Wildman–Crippen LogP) is 2.98. The number of benzene rings is 2. The molecular weight excluding hydrogens is 362 g/mol. The van der Waals surface area contributed by atoms with Gasteiger partial charge in [0.25, 0.3) is 0 Å². The summed E-state index contributed by atoms with van der Waals surface area (Å²) in [7, 11) is 0. The summed E-state index contributed by atoms with van der Waals surface area (Å²) < 4.78 is 1.38. The number of carbonyl (C=O) groups is 2. The fraction of sp³-hybridized carbons (Fsp3) is 0.158. The van der Waals surface area contributed by atoms with Gasteiger partial charge >= 0.3 is 0 Å². The van der Waals surface area contributed by atoms with Gasteiger partial charge in [-0.3, -0.25) is 9.59 Å². The lowest BCUT2D eigenvalue weighted by molar-refractivity contribution is -0.115. The number of carbonyl (C=O) groups excluding carboxylic acids is 2. The van der Waals surface area contributed by atoms with Crippen molar-refractivity contribution in [3.8, 4) is 11.4 Å². The van der Waals surface area contributed by atoms with Crippen molar-refractivity contribution in [3.63, 3.8) is 0 Å². The second kappa shape index (κ2) is 8.05. The number of hydrogen-bond donors (Lipinski definition) is 2. The lowest BCUT2D eigenvalue weighted by Crippen LogP contribution is -2.23. The molecule has 1 amide bonds. The van der Waals surface area contributed by atoms with E-state index < -0.39 is 5.25 Å². The molecule has 7 nitrogen and oxygen atoms in total. The number of nitrogens with two attached hydrogens (primary N) is 1. The van der Waals surface area contributed by atoms with Crippen molar-refractivity contribution in [2.45, 2.75) is 24.3 Å². The summed E-state index contributed by atoms with van der Waals surface area (Å²) in [5, 5.41) is 11.0. The first-order chi connectivity index (χ1) is 13.0. The Balaban J connectivity index is 1.69. The highest BCUT2D eigenvalue weighted by Gasteiger charge is 2.20.